The van der Waals surface area contributed by atoms with Crippen molar-refractivity contribution in [3.05, 3.63) is 24.5 Å². The number of nitrogens with two attached hydrogens (primary N) is 1. The highest BCUT2D eigenvalue weighted by molar-refractivity contribution is 6.06. The lowest BCUT2D eigenvalue weighted by molar-refractivity contribution is -0.132. The minimum Gasteiger partial charge on any atom is -0.399 e. The van der Waals surface area contributed by atoms with Gasteiger partial charge in [0.25, 0.3) is 0 Å². The SMILES string of the molecule is CCC1C(=O)NC(=O)CN1c1ncnc2cc(N)ccc12. The average Bonchev–Trinajstić information content (AvgIpc) is 2.45. The molecule has 0 spiro atoms. The number of hydrogen-bond donors (Lipinski definition) is 2. The normalized spacial score (nSPS) is 18.9. The summed E-state index contributed by atoms with van der Waals surface area (Å²) >= 11 is 0. The molecule has 1 atom stereocenters. The van der Waals surface area contributed by atoms with Crippen LogP contribution in [0.15, 0.2) is 24.5 Å². The summed E-state index contributed by atoms with van der Waals surface area (Å²) in [4.78, 5) is 33.8. The smallest absolute Gasteiger partial charge is 0.249 e. The second-order valence-corrected chi connectivity index (χ2v) is 4.94. The van der Waals surface area contributed by atoms with Crippen molar-refractivity contribution in [1.82, 2.24) is 15.3 Å². The van der Waals surface area contributed by atoms with E-state index >= 15 is 0 Å². The van der Waals surface area contributed by atoms with Gasteiger partial charge in [0, 0.05) is 11.1 Å². The van der Waals surface area contributed by atoms with E-state index in [-0.39, 0.29) is 18.4 Å². The molecule has 1 aromatic carbocycles. The third-order valence-corrected chi connectivity index (χ3v) is 3.55. The number of carbonyl (C=O) groups is 2. The Morgan fingerprint density at radius 1 is 1.38 bits per heavy atom. The Morgan fingerprint density at radius 3 is 2.95 bits per heavy atom. The summed E-state index contributed by atoms with van der Waals surface area (Å²) in [5.74, 6) is -0.0436. The van der Waals surface area contributed by atoms with Crippen LogP contribution in [0.4, 0.5) is 11.5 Å². The predicted octanol–water partition coefficient (Wildman–Crippen LogP) is 0.453. The number of rotatable bonds is 2. The Labute approximate surface area is 121 Å². The summed E-state index contributed by atoms with van der Waals surface area (Å²) in [6.45, 7) is 2.00. The van der Waals surface area contributed by atoms with Crippen molar-refractivity contribution in [2.75, 3.05) is 17.2 Å². The maximum absolute atomic E-state index is 12.0. The van der Waals surface area contributed by atoms with Crippen LogP contribution in [0.5, 0.6) is 0 Å². The highest BCUT2D eigenvalue weighted by Gasteiger charge is 2.34. The van der Waals surface area contributed by atoms with Crippen LogP contribution in [-0.4, -0.2) is 34.4 Å². The lowest BCUT2D eigenvalue weighted by Crippen LogP contribution is -2.58. The number of hydrogen-bond acceptors (Lipinski definition) is 6. The number of anilines is 2. The standard InChI is InChI=1S/C14H15N5O2/c1-2-11-14(21)18-12(20)6-19(11)13-9-4-3-8(15)5-10(9)16-7-17-13/h3-5,7,11H,2,6,15H2,1H3,(H,18,20,21). The number of amides is 2. The summed E-state index contributed by atoms with van der Waals surface area (Å²) in [6, 6.07) is 4.89. The molecule has 7 heteroatoms. The number of fused-ring (bicyclic) bond motifs is 1. The Balaban J connectivity index is 2.13. The molecule has 21 heavy (non-hydrogen) atoms. The first-order valence-corrected chi connectivity index (χ1v) is 6.70. The topological polar surface area (TPSA) is 101 Å². The van der Waals surface area contributed by atoms with Crippen LogP contribution < -0.4 is 16.0 Å². The molecule has 2 amide bonds. The van der Waals surface area contributed by atoms with Crippen molar-refractivity contribution < 1.29 is 9.59 Å². The van der Waals surface area contributed by atoms with E-state index in [1.54, 1.807) is 17.0 Å². The van der Waals surface area contributed by atoms with E-state index in [2.05, 4.69) is 15.3 Å². The number of nitrogen functional groups attached to an aromatic ring is 1. The molecule has 1 fully saturated rings. The number of piperazine rings is 1. The number of benzene rings is 1. The first-order chi connectivity index (χ1) is 10.1. The van der Waals surface area contributed by atoms with Crippen LogP contribution in [0.1, 0.15) is 13.3 Å². The fraction of sp³-hybridized carbons (Fsp3) is 0.286. The van der Waals surface area contributed by atoms with Gasteiger partial charge >= 0.3 is 0 Å². The fourth-order valence-electron chi connectivity index (χ4n) is 2.58. The molecule has 2 aromatic rings. The Morgan fingerprint density at radius 2 is 2.19 bits per heavy atom. The molecule has 1 unspecified atom stereocenters. The maximum Gasteiger partial charge on any atom is 0.249 e. The molecule has 1 saturated heterocycles. The maximum atomic E-state index is 12.0. The average molecular weight is 285 g/mol. The van der Waals surface area contributed by atoms with E-state index in [1.165, 1.54) is 6.33 Å². The van der Waals surface area contributed by atoms with Gasteiger partial charge in [-0.05, 0) is 24.6 Å². The van der Waals surface area contributed by atoms with Gasteiger partial charge in [0.2, 0.25) is 11.8 Å². The number of aromatic nitrogens is 2. The van der Waals surface area contributed by atoms with Gasteiger partial charge in [0.1, 0.15) is 18.2 Å². The molecule has 0 saturated carbocycles. The van der Waals surface area contributed by atoms with E-state index in [9.17, 15) is 9.59 Å². The molecule has 1 aliphatic rings. The molecule has 1 aliphatic heterocycles. The minimum atomic E-state index is -0.418. The van der Waals surface area contributed by atoms with Crippen LogP contribution >= 0.6 is 0 Å². The number of nitrogens with zero attached hydrogens (tertiary/aromatic N) is 3. The number of carbonyl (C=O) groups excluding carboxylic acids is 2. The van der Waals surface area contributed by atoms with Crippen molar-refractivity contribution in [1.29, 1.82) is 0 Å². The first-order valence-electron chi connectivity index (χ1n) is 6.70. The van der Waals surface area contributed by atoms with Crippen molar-refractivity contribution >= 4 is 34.2 Å². The van der Waals surface area contributed by atoms with E-state index in [0.29, 0.717) is 23.4 Å². The van der Waals surface area contributed by atoms with Crippen LogP contribution in [0, 0.1) is 0 Å². The second kappa shape index (κ2) is 5.01. The predicted molar refractivity (Wildman–Crippen MR) is 78.5 cm³/mol. The minimum absolute atomic E-state index is 0.0980. The Bertz CT molecular complexity index is 730. The van der Waals surface area contributed by atoms with Gasteiger partial charge < -0.3 is 10.6 Å². The van der Waals surface area contributed by atoms with Crippen LogP contribution in [0.25, 0.3) is 10.9 Å². The summed E-state index contributed by atoms with van der Waals surface area (Å²) in [7, 11) is 0. The zero-order valence-corrected chi connectivity index (χ0v) is 11.5. The monoisotopic (exact) mass is 285 g/mol. The van der Waals surface area contributed by atoms with Gasteiger partial charge in [-0.1, -0.05) is 6.92 Å². The zero-order valence-electron chi connectivity index (χ0n) is 11.5. The second-order valence-electron chi connectivity index (χ2n) is 4.94. The van der Waals surface area contributed by atoms with Gasteiger partial charge in [-0.15, -0.1) is 0 Å². The summed E-state index contributed by atoms with van der Waals surface area (Å²) in [5.41, 5.74) is 7.05. The summed E-state index contributed by atoms with van der Waals surface area (Å²) in [5, 5.41) is 3.13. The molecule has 2 heterocycles. The van der Waals surface area contributed by atoms with Crippen LogP contribution in [0.2, 0.25) is 0 Å². The van der Waals surface area contributed by atoms with E-state index in [1.807, 2.05) is 13.0 Å². The number of imide groups is 1. The molecular formula is C14H15N5O2. The molecule has 1 aromatic heterocycles. The molecule has 3 rings (SSSR count). The van der Waals surface area contributed by atoms with Gasteiger partial charge in [-0.25, -0.2) is 9.97 Å². The van der Waals surface area contributed by atoms with Crippen molar-refractivity contribution in [3.8, 4) is 0 Å². The quantitative estimate of drug-likeness (QED) is 0.614. The summed E-state index contributed by atoms with van der Waals surface area (Å²) in [6.07, 6.45) is 2.00. The molecule has 108 valence electrons. The molecular weight excluding hydrogens is 270 g/mol. The van der Waals surface area contributed by atoms with Gasteiger partial charge in [0.15, 0.2) is 0 Å². The third kappa shape index (κ3) is 2.26. The largest absolute Gasteiger partial charge is 0.399 e. The van der Waals surface area contributed by atoms with Crippen molar-refractivity contribution in [2.45, 2.75) is 19.4 Å². The Hall–Kier alpha value is -2.70. The van der Waals surface area contributed by atoms with Crippen LogP contribution in [-0.2, 0) is 9.59 Å². The van der Waals surface area contributed by atoms with Gasteiger partial charge in [-0.2, -0.15) is 0 Å². The van der Waals surface area contributed by atoms with E-state index in [0.717, 1.165) is 5.39 Å². The molecule has 0 bridgehead atoms. The van der Waals surface area contributed by atoms with E-state index < -0.39 is 6.04 Å². The highest BCUT2D eigenvalue weighted by atomic mass is 16.2. The third-order valence-electron chi connectivity index (χ3n) is 3.55. The molecule has 7 nitrogen and oxygen atoms in total. The zero-order chi connectivity index (χ0) is 15.0. The fourth-order valence-corrected chi connectivity index (χ4v) is 2.58. The molecule has 0 radical (unpaired) electrons. The summed E-state index contributed by atoms with van der Waals surface area (Å²) < 4.78 is 0. The lowest BCUT2D eigenvalue weighted by atomic mass is 10.1. The van der Waals surface area contributed by atoms with E-state index in [4.69, 9.17) is 5.73 Å². The first kappa shape index (κ1) is 13.3. The lowest BCUT2D eigenvalue weighted by Gasteiger charge is -2.34. The highest BCUT2D eigenvalue weighted by Crippen LogP contribution is 2.27. The van der Waals surface area contributed by atoms with Crippen LogP contribution in [0.3, 0.4) is 0 Å². The van der Waals surface area contributed by atoms with Crippen molar-refractivity contribution in [2.24, 2.45) is 0 Å². The van der Waals surface area contributed by atoms with Gasteiger partial charge in [0.05, 0.1) is 12.1 Å². The Kier molecular flexibility index (Phi) is 3.17. The van der Waals surface area contributed by atoms with Crippen molar-refractivity contribution in [3.63, 3.8) is 0 Å². The number of nitrogens with one attached hydrogen (secondary N) is 1. The molecule has 3 N–H and O–H groups in total. The van der Waals surface area contributed by atoms with Gasteiger partial charge in [-0.3, -0.25) is 14.9 Å². The molecule has 0 aliphatic carbocycles.